The van der Waals surface area contributed by atoms with Gasteiger partial charge in [-0.1, -0.05) is 6.07 Å². The van der Waals surface area contributed by atoms with Crippen molar-refractivity contribution in [3.05, 3.63) is 88.9 Å². The number of aromatic nitrogens is 2. The van der Waals surface area contributed by atoms with Crippen molar-refractivity contribution in [3.8, 4) is 6.07 Å². The lowest BCUT2D eigenvalue weighted by atomic mass is 9.90. The largest absolute Gasteiger partial charge is 0.322 e. The molecule has 1 saturated carbocycles. The number of carbonyl (C=O) groups is 2. The Balaban J connectivity index is 1.54. The molecule has 0 unspecified atom stereocenters. The summed E-state index contributed by atoms with van der Waals surface area (Å²) in [6.45, 7) is 5.34. The Kier molecular flexibility index (Phi) is 7.77. The van der Waals surface area contributed by atoms with Crippen molar-refractivity contribution in [1.29, 1.82) is 16.1 Å². The fraction of sp³-hybridized carbons (Fsp3) is 0.233. The van der Waals surface area contributed by atoms with Crippen molar-refractivity contribution in [2.45, 2.75) is 39.0 Å². The van der Waals surface area contributed by atoms with Gasteiger partial charge in [0.1, 0.15) is 5.82 Å². The SMILES string of the molecule is Cc1ccc(NC(=O)c2ccnc(C(C)(C)C#N)c2)cc1C(=N)/C=C(\C=N)c1ccnc(NC(=O)C2CC2)c1. The van der Waals surface area contributed by atoms with Crippen molar-refractivity contribution in [3.63, 3.8) is 0 Å². The highest BCUT2D eigenvalue weighted by atomic mass is 16.2. The molecule has 4 rings (SSSR count). The van der Waals surface area contributed by atoms with E-state index in [2.05, 4.69) is 26.7 Å². The van der Waals surface area contributed by atoms with Crippen LogP contribution in [0.2, 0.25) is 0 Å². The quantitative estimate of drug-likeness (QED) is 0.283. The molecule has 2 aromatic heterocycles. The van der Waals surface area contributed by atoms with Crippen molar-refractivity contribution in [2.75, 3.05) is 10.6 Å². The number of rotatable bonds is 9. The van der Waals surface area contributed by atoms with E-state index in [0.717, 1.165) is 24.6 Å². The number of nitrogens with zero attached hydrogens (tertiary/aromatic N) is 3. The molecular weight excluding hydrogens is 490 g/mol. The van der Waals surface area contributed by atoms with Crippen LogP contribution in [0.25, 0.3) is 5.57 Å². The maximum Gasteiger partial charge on any atom is 0.255 e. The summed E-state index contributed by atoms with van der Waals surface area (Å²) in [7, 11) is 0. The van der Waals surface area contributed by atoms with Crippen molar-refractivity contribution in [1.82, 2.24) is 9.97 Å². The molecule has 0 saturated heterocycles. The third-order valence-electron chi connectivity index (χ3n) is 6.48. The third-order valence-corrected chi connectivity index (χ3v) is 6.48. The van der Waals surface area contributed by atoms with Crippen LogP contribution in [0.1, 0.15) is 59.4 Å². The fourth-order valence-electron chi connectivity index (χ4n) is 3.86. The zero-order valence-corrected chi connectivity index (χ0v) is 22.0. The molecule has 9 nitrogen and oxygen atoms in total. The van der Waals surface area contributed by atoms with E-state index in [-0.39, 0.29) is 23.4 Å². The van der Waals surface area contributed by atoms with Crippen molar-refractivity contribution >= 4 is 40.8 Å². The van der Waals surface area contributed by atoms with Gasteiger partial charge in [0.2, 0.25) is 5.91 Å². The number of aryl methyl sites for hydroxylation is 1. The Morgan fingerprint density at radius 1 is 1.05 bits per heavy atom. The number of nitrogens with one attached hydrogen (secondary N) is 4. The van der Waals surface area contributed by atoms with Gasteiger partial charge in [-0.3, -0.25) is 14.6 Å². The minimum Gasteiger partial charge on any atom is -0.322 e. The van der Waals surface area contributed by atoms with Crippen LogP contribution in [0, 0.1) is 35.0 Å². The van der Waals surface area contributed by atoms with Crippen LogP contribution in [0.3, 0.4) is 0 Å². The van der Waals surface area contributed by atoms with Gasteiger partial charge in [-0.2, -0.15) is 5.26 Å². The topological polar surface area (TPSA) is 155 Å². The number of nitriles is 1. The second kappa shape index (κ2) is 11.2. The summed E-state index contributed by atoms with van der Waals surface area (Å²) in [5.41, 5.74) is 3.23. The second-order valence-electron chi connectivity index (χ2n) is 10.0. The number of allylic oxidation sites excluding steroid dienone is 2. The van der Waals surface area contributed by atoms with Crippen LogP contribution in [0.5, 0.6) is 0 Å². The molecule has 0 radical (unpaired) electrons. The average molecular weight is 520 g/mol. The summed E-state index contributed by atoms with van der Waals surface area (Å²) in [5, 5.41) is 31.7. The second-order valence-corrected chi connectivity index (χ2v) is 10.0. The lowest BCUT2D eigenvalue weighted by Crippen LogP contribution is -2.18. The molecule has 3 aromatic rings. The Bertz CT molecular complexity index is 1540. The molecule has 1 aromatic carbocycles. The Morgan fingerprint density at radius 3 is 2.46 bits per heavy atom. The Hall–Kier alpha value is -4.97. The Labute approximate surface area is 227 Å². The van der Waals surface area contributed by atoms with Gasteiger partial charge < -0.3 is 21.5 Å². The summed E-state index contributed by atoms with van der Waals surface area (Å²) in [4.78, 5) is 33.5. The molecule has 0 aliphatic heterocycles. The molecule has 0 spiro atoms. The van der Waals surface area contributed by atoms with E-state index >= 15 is 0 Å². The van der Waals surface area contributed by atoms with Gasteiger partial charge in [-0.05, 0) is 87.2 Å². The maximum absolute atomic E-state index is 13.0. The first-order chi connectivity index (χ1) is 18.6. The van der Waals surface area contributed by atoms with Gasteiger partial charge in [0.15, 0.2) is 0 Å². The molecule has 196 valence electrons. The first kappa shape index (κ1) is 27.1. The lowest BCUT2D eigenvalue weighted by molar-refractivity contribution is -0.117. The van der Waals surface area contributed by atoms with Gasteiger partial charge in [-0.15, -0.1) is 0 Å². The van der Waals surface area contributed by atoms with Gasteiger partial charge >= 0.3 is 0 Å². The predicted octanol–water partition coefficient (Wildman–Crippen LogP) is 5.29. The highest BCUT2D eigenvalue weighted by Gasteiger charge is 2.29. The van der Waals surface area contributed by atoms with Crippen LogP contribution >= 0.6 is 0 Å². The summed E-state index contributed by atoms with van der Waals surface area (Å²) in [5.74, 6) is 0.0326. The zero-order chi connectivity index (χ0) is 28.2. The van der Waals surface area contributed by atoms with E-state index in [1.54, 1.807) is 62.5 Å². The maximum atomic E-state index is 13.0. The fourth-order valence-corrected chi connectivity index (χ4v) is 3.86. The van der Waals surface area contributed by atoms with E-state index in [1.807, 2.05) is 13.0 Å². The van der Waals surface area contributed by atoms with E-state index in [0.29, 0.717) is 39.5 Å². The molecule has 1 fully saturated rings. The predicted molar refractivity (Wildman–Crippen MR) is 151 cm³/mol. The van der Waals surface area contributed by atoms with Gasteiger partial charge in [0.05, 0.1) is 22.9 Å². The van der Waals surface area contributed by atoms with Gasteiger partial charge in [-0.25, -0.2) is 4.98 Å². The van der Waals surface area contributed by atoms with Crippen LogP contribution < -0.4 is 10.6 Å². The summed E-state index contributed by atoms with van der Waals surface area (Å²) in [6, 6.07) is 14.1. The monoisotopic (exact) mass is 519 g/mol. The first-order valence-corrected chi connectivity index (χ1v) is 12.5. The van der Waals surface area contributed by atoms with Gasteiger partial charge in [0.25, 0.3) is 5.91 Å². The van der Waals surface area contributed by atoms with Crippen LogP contribution in [0.4, 0.5) is 11.5 Å². The van der Waals surface area contributed by atoms with Crippen molar-refractivity contribution in [2.24, 2.45) is 5.92 Å². The third kappa shape index (κ3) is 6.48. The van der Waals surface area contributed by atoms with Gasteiger partial charge in [0, 0.05) is 46.9 Å². The molecular formula is C30H29N7O2. The van der Waals surface area contributed by atoms with Crippen LogP contribution in [-0.4, -0.2) is 33.7 Å². The number of pyridine rings is 2. The molecule has 1 aliphatic rings. The number of anilines is 2. The minimum absolute atomic E-state index is 0.0436. The van der Waals surface area contributed by atoms with E-state index < -0.39 is 5.41 Å². The highest BCUT2D eigenvalue weighted by Crippen LogP contribution is 2.30. The number of carbonyl (C=O) groups excluding carboxylic acids is 2. The molecule has 1 aliphatic carbocycles. The molecule has 2 heterocycles. The van der Waals surface area contributed by atoms with E-state index in [4.69, 9.17) is 10.8 Å². The number of hydrogen-bond acceptors (Lipinski definition) is 7. The normalized spacial score (nSPS) is 13.2. The summed E-state index contributed by atoms with van der Waals surface area (Å²) >= 11 is 0. The smallest absolute Gasteiger partial charge is 0.255 e. The number of benzene rings is 1. The highest BCUT2D eigenvalue weighted by molar-refractivity contribution is 6.20. The van der Waals surface area contributed by atoms with Crippen LogP contribution in [-0.2, 0) is 10.2 Å². The molecule has 0 bridgehead atoms. The van der Waals surface area contributed by atoms with E-state index in [1.165, 1.54) is 6.20 Å². The van der Waals surface area contributed by atoms with E-state index in [9.17, 15) is 14.9 Å². The minimum atomic E-state index is -0.834. The lowest BCUT2D eigenvalue weighted by Gasteiger charge is -2.15. The van der Waals surface area contributed by atoms with Crippen molar-refractivity contribution < 1.29 is 9.59 Å². The summed E-state index contributed by atoms with van der Waals surface area (Å²) < 4.78 is 0. The molecule has 9 heteroatoms. The molecule has 39 heavy (non-hydrogen) atoms. The molecule has 2 amide bonds. The standard InChI is InChI=1S/C30H29N7O2/c1-18-4-7-23(36-29(39)21-9-10-34-26(13-21)30(2,3)17-32)15-24(18)25(33)12-22(16-31)20-8-11-35-27(14-20)37-28(38)19-5-6-19/h4,7-16,19,31,33H,5-6H2,1-3H3,(H,36,39)(H,35,37,38)/b22-12+,31-16?,33-25?. The average Bonchev–Trinajstić information content (AvgIpc) is 3.79. The number of amides is 2. The summed E-state index contributed by atoms with van der Waals surface area (Å²) in [6.07, 6.45) is 7.56. The molecule has 4 N–H and O–H groups in total. The van der Waals surface area contributed by atoms with Crippen LogP contribution in [0.15, 0.2) is 60.9 Å². The first-order valence-electron chi connectivity index (χ1n) is 12.5. The number of hydrogen-bond donors (Lipinski definition) is 4. The zero-order valence-electron chi connectivity index (χ0n) is 22.0. The Morgan fingerprint density at radius 2 is 1.77 bits per heavy atom. The molecule has 0 atom stereocenters.